The van der Waals surface area contributed by atoms with Gasteiger partial charge >= 0.3 is 5.97 Å². The summed E-state index contributed by atoms with van der Waals surface area (Å²) in [5, 5.41) is 4.74. The van der Waals surface area contributed by atoms with Gasteiger partial charge in [-0.05, 0) is 36.6 Å². The first-order chi connectivity index (χ1) is 17.4. The van der Waals surface area contributed by atoms with Crippen LogP contribution in [0.15, 0.2) is 42.6 Å². The van der Waals surface area contributed by atoms with Gasteiger partial charge in [0, 0.05) is 44.1 Å². The van der Waals surface area contributed by atoms with Gasteiger partial charge in [0.05, 0.1) is 31.0 Å². The van der Waals surface area contributed by atoms with Crippen LogP contribution in [0.4, 0.5) is 0 Å². The summed E-state index contributed by atoms with van der Waals surface area (Å²) < 4.78 is 11.8. The van der Waals surface area contributed by atoms with E-state index in [9.17, 15) is 9.59 Å². The first kappa shape index (κ1) is 24.4. The molecule has 3 aromatic rings. The number of carbonyl (C=O) groups is 2. The average molecular weight is 510 g/mol. The molecular formula is C26H28ClN5O4. The highest BCUT2D eigenvalue weighted by Crippen LogP contribution is 2.28. The molecule has 0 radical (unpaired) electrons. The normalized spacial score (nSPS) is 18.1. The highest BCUT2D eigenvalue weighted by atomic mass is 35.5. The summed E-state index contributed by atoms with van der Waals surface area (Å²) in [5.74, 6) is -0.762. The number of aromatic nitrogens is 3. The van der Waals surface area contributed by atoms with Crippen molar-refractivity contribution in [1.82, 2.24) is 24.6 Å². The maximum absolute atomic E-state index is 14.1. The number of hydrogen-bond donors (Lipinski definition) is 0. The van der Waals surface area contributed by atoms with Crippen LogP contribution in [0.25, 0.3) is 5.69 Å². The molecular weight excluding hydrogens is 482 g/mol. The van der Waals surface area contributed by atoms with Crippen LogP contribution >= 0.6 is 11.6 Å². The lowest BCUT2D eigenvalue weighted by Crippen LogP contribution is -2.52. The van der Waals surface area contributed by atoms with E-state index in [1.54, 1.807) is 19.1 Å². The monoisotopic (exact) mass is 509 g/mol. The second-order valence-corrected chi connectivity index (χ2v) is 9.50. The molecule has 4 heterocycles. The Morgan fingerprint density at radius 3 is 2.67 bits per heavy atom. The molecule has 36 heavy (non-hydrogen) atoms. The summed E-state index contributed by atoms with van der Waals surface area (Å²) >= 11 is 6.29. The van der Waals surface area contributed by atoms with Crippen LogP contribution in [-0.4, -0.2) is 82.4 Å². The van der Waals surface area contributed by atoms with Crippen LogP contribution in [0.5, 0.6) is 0 Å². The fourth-order valence-corrected chi connectivity index (χ4v) is 5.04. The molecule has 1 aromatic carbocycles. The van der Waals surface area contributed by atoms with E-state index in [2.05, 4.69) is 27.1 Å². The van der Waals surface area contributed by atoms with Crippen LogP contribution in [0.3, 0.4) is 0 Å². The lowest BCUT2D eigenvalue weighted by molar-refractivity contribution is 0.0191. The van der Waals surface area contributed by atoms with Gasteiger partial charge in [0.25, 0.3) is 5.91 Å². The maximum Gasteiger partial charge on any atom is 0.358 e. The molecule has 0 spiro atoms. The standard InChI is InChI=1S/C26H28ClN5O4/c1-17-11-22(26(34)35-2)29-32(17)23-13-20(27)14-28-24(23)25(33)31-15-19-6-4-3-5-18(19)12-21(31)16-30-7-9-36-10-8-30/h3-6,11,13-14,21H,7-10,12,15-16H2,1-2H3. The third-order valence-electron chi connectivity index (χ3n) is 6.74. The number of benzene rings is 1. The molecule has 2 aliphatic heterocycles. The van der Waals surface area contributed by atoms with Gasteiger partial charge in [-0.15, -0.1) is 0 Å². The maximum atomic E-state index is 14.1. The van der Waals surface area contributed by atoms with Crippen LogP contribution in [0.2, 0.25) is 5.02 Å². The molecule has 1 atom stereocenters. The van der Waals surface area contributed by atoms with E-state index in [1.165, 1.54) is 23.6 Å². The SMILES string of the molecule is COC(=O)c1cc(C)n(-c2cc(Cl)cnc2C(=O)N2Cc3ccccc3CC2CN2CCOCC2)n1. The highest BCUT2D eigenvalue weighted by molar-refractivity contribution is 6.30. The molecule has 10 heteroatoms. The molecule has 1 unspecified atom stereocenters. The summed E-state index contributed by atoms with van der Waals surface area (Å²) in [6.45, 7) is 6.11. The zero-order valence-electron chi connectivity index (χ0n) is 20.3. The number of nitrogens with zero attached hydrogens (tertiary/aromatic N) is 5. The number of methoxy groups -OCH3 is 1. The zero-order chi connectivity index (χ0) is 25.2. The van der Waals surface area contributed by atoms with Crippen molar-refractivity contribution in [2.45, 2.75) is 25.9 Å². The number of halogens is 1. The summed E-state index contributed by atoms with van der Waals surface area (Å²) in [6.07, 6.45) is 2.22. The molecule has 0 aliphatic carbocycles. The number of morpholine rings is 1. The number of pyridine rings is 1. The summed E-state index contributed by atoms with van der Waals surface area (Å²) in [6, 6.07) is 11.5. The molecule has 2 aromatic heterocycles. The van der Waals surface area contributed by atoms with Crippen molar-refractivity contribution in [3.8, 4) is 5.69 Å². The number of rotatable bonds is 5. The summed E-state index contributed by atoms with van der Waals surface area (Å²) in [5.41, 5.74) is 3.84. The lowest BCUT2D eigenvalue weighted by atomic mass is 9.93. The Morgan fingerprint density at radius 2 is 1.92 bits per heavy atom. The minimum Gasteiger partial charge on any atom is -0.464 e. The predicted molar refractivity (Wildman–Crippen MR) is 134 cm³/mol. The Morgan fingerprint density at radius 1 is 1.17 bits per heavy atom. The molecule has 0 bridgehead atoms. The molecule has 2 aliphatic rings. The molecule has 1 amide bonds. The smallest absolute Gasteiger partial charge is 0.358 e. The third-order valence-corrected chi connectivity index (χ3v) is 6.94. The Hall–Kier alpha value is -3.27. The van der Waals surface area contributed by atoms with Gasteiger partial charge in [-0.25, -0.2) is 14.5 Å². The topological polar surface area (TPSA) is 89.8 Å². The molecule has 0 saturated carbocycles. The number of aryl methyl sites for hydroxylation is 1. The molecule has 188 valence electrons. The van der Waals surface area contributed by atoms with Crippen molar-refractivity contribution < 1.29 is 19.1 Å². The van der Waals surface area contributed by atoms with Crippen LogP contribution < -0.4 is 0 Å². The van der Waals surface area contributed by atoms with Crippen molar-refractivity contribution in [3.05, 3.63) is 75.8 Å². The Kier molecular flexibility index (Phi) is 7.04. The second-order valence-electron chi connectivity index (χ2n) is 9.07. The van der Waals surface area contributed by atoms with E-state index in [-0.39, 0.29) is 23.3 Å². The van der Waals surface area contributed by atoms with Gasteiger partial charge in [-0.3, -0.25) is 9.69 Å². The van der Waals surface area contributed by atoms with Crippen molar-refractivity contribution in [2.75, 3.05) is 40.0 Å². The number of ether oxygens (including phenoxy) is 2. The average Bonchev–Trinajstić information content (AvgIpc) is 3.29. The van der Waals surface area contributed by atoms with Crippen LogP contribution in [0, 0.1) is 6.92 Å². The Balaban J connectivity index is 1.52. The van der Waals surface area contributed by atoms with Crippen LogP contribution in [-0.2, 0) is 22.4 Å². The molecule has 1 saturated heterocycles. The quantitative estimate of drug-likeness (QED) is 0.488. The van der Waals surface area contributed by atoms with Gasteiger partial charge in [0.2, 0.25) is 0 Å². The minimum atomic E-state index is -0.557. The molecule has 9 nitrogen and oxygen atoms in total. The number of amides is 1. The number of esters is 1. The number of hydrogen-bond acceptors (Lipinski definition) is 7. The number of carbonyl (C=O) groups excluding carboxylic acids is 2. The van der Waals surface area contributed by atoms with Gasteiger partial charge in [0.15, 0.2) is 11.4 Å². The van der Waals surface area contributed by atoms with E-state index < -0.39 is 5.97 Å². The fourth-order valence-electron chi connectivity index (χ4n) is 4.88. The largest absolute Gasteiger partial charge is 0.464 e. The Labute approximate surface area is 214 Å². The van der Waals surface area contributed by atoms with E-state index in [0.717, 1.165) is 31.6 Å². The van der Waals surface area contributed by atoms with E-state index in [1.807, 2.05) is 17.0 Å². The molecule has 5 rings (SSSR count). The summed E-state index contributed by atoms with van der Waals surface area (Å²) in [4.78, 5) is 34.9. The zero-order valence-corrected chi connectivity index (χ0v) is 21.1. The Bertz CT molecular complexity index is 1290. The fraction of sp³-hybridized carbons (Fsp3) is 0.385. The van der Waals surface area contributed by atoms with Crippen molar-refractivity contribution in [1.29, 1.82) is 0 Å². The van der Waals surface area contributed by atoms with Crippen molar-refractivity contribution in [3.63, 3.8) is 0 Å². The molecule has 1 fully saturated rings. The van der Waals surface area contributed by atoms with Gasteiger partial charge in [-0.2, -0.15) is 5.10 Å². The molecule has 0 N–H and O–H groups in total. The van der Waals surface area contributed by atoms with E-state index >= 15 is 0 Å². The highest BCUT2D eigenvalue weighted by Gasteiger charge is 2.34. The van der Waals surface area contributed by atoms with E-state index in [4.69, 9.17) is 21.1 Å². The van der Waals surface area contributed by atoms with Gasteiger partial charge < -0.3 is 14.4 Å². The summed E-state index contributed by atoms with van der Waals surface area (Å²) in [7, 11) is 1.30. The van der Waals surface area contributed by atoms with Gasteiger partial charge in [0.1, 0.15) is 0 Å². The second kappa shape index (κ2) is 10.4. The van der Waals surface area contributed by atoms with Gasteiger partial charge in [-0.1, -0.05) is 35.9 Å². The van der Waals surface area contributed by atoms with E-state index in [0.29, 0.717) is 36.2 Å². The first-order valence-electron chi connectivity index (χ1n) is 11.9. The predicted octanol–water partition coefficient (Wildman–Crippen LogP) is 2.92. The minimum absolute atomic E-state index is 0.0276. The van der Waals surface area contributed by atoms with Crippen molar-refractivity contribution >= 4 is 23.5 Å². The number of fused-ring (bicyclic) bond motifs is 1. The lowest BCUT2D eigenvalue weighted by Gasteiger charge is -2.40. The first-order valence-corrected chi connectivity index (χ1v) is 12.3. The third kappa shape index (κ3) is 4.86. The van der Waals surface area contributed by atoms with Crippen LogP contribution in [0.1, 0.15) is 37.8 Å². The van der Waals surface area contributed by atoms with Crippen molar-refractivity contribution in [2.24, 2.45) is 0 Å².